The summed E-state index contributed by atoms with van der Waals surface area (Å²) < 4.78 is 5.92. The van der Waals surface area contributed by atoms with E-state index in [1.165, 1.54) is 30.2 Å². The van der Waals surface area contributed by atoms with Gasteiger partial charge in [0.05, 0.1) is 13.2 Å². The second kappa shape index (κ2) is 10.4. The zero-order valence-electron chi connectivity index (χ0n) is 19.3. The monoisotopic (exact) mass is 443 g/mol. The summed E-state index contributed by atoms with van der Waals surface area (Å²) in [5, 5.41) is 2.36. The number of amides is 1. The first-order valence-electron chi connectivity index (χ1n) is 12.3. The Balaban J connectivity index is 1.30. The number of aromatic nitrogens is 1. The molecular weight excluding hydrogens is 410 g/mol. The second-order valence-electron chi connectivity index (χ2n) is 9.45. The number of carbonyl (C=O) groups excluding carboxylic acids is 1. The van der Waals surface area contributed by atoms with Gasteiger partial charge in [0.15, 0.2) is 0 Å². The smallest absolute Gasteiger partial charge is 0.254 e. The van der Waals surface area contributed by atoms with Gasteiger partial charge in [-0.05, 0) is 67.1 Å². The van der Waals surface area contributed by atoms with Gasteiger partial charge in [0.1, 0.15) is 0 Å². The number of benzene rings is 2. The predicted molar refractivity (Wildman–Crippen MR) is 131 cm³/mol. The van der Waals surface area contributed by atoms with E-state index < -0.39 is 0 Å². The van der Waals surface area contributed by atoms with E-state index in [4.69, 9.17) is 4.74 Å². The number of likely N-dealkylation sites (tertiary alicyclic amines) is 1. The molecule has 0 saturated carbocycles. The third-order valence-electron chi connectivity index (χ3n) is 6.94. The molecule has 0 aliphatic carbocycles. The van der Waals surface area contributed by atoms with Crippen molar-refractivity contribution in [2.24, 2.45) is 5.92 Å². The minimum absolute atomic E-state index is 0.140. The van der Waals surface area contributed by atoms with Crippen LogP contribution in [-0.2, 0) is 17.7 Å². The summed E-state index contributed by atoms with van der Waals surface area (Å²) in [6.07, 6.45) is 8.47. The average Bonchev–Trinajstić information content (AvgIpc) is 3.10. The Morgan fingerprint density at radius 3 is 2.79 bits per heavy atom. The molecule has 2 aliphatic rings. The maximum atomic E-state index is 13.6. The van der Waals surface area contributed by atoms with Crippen molar-refractivity contribution in [2.75, 3.05) is 39.4 Å². The topological polar surface area (TPSA) is 45.7 Å². The average molecular weight is 444 g/mol. The molecule has 0 radical (unpaired) electrons. The predicted octanol–water partition coefficient (Wildman–Crippen LogP) is 4.55. The largest absolute Gasteiger partial charge is 0.379 e. The van der Waals surface area contributed by atoms with Crippen LogP contribution in [0, 0.1) is 5.92 Å². The highest BCUT2D eigenvalue weighted by Crippen LogP contribution is 2.22. The maximum absolute atomic E-state index is 13.6. The van der Waals surface area contributed by atoms with Gasteiger partial charge in [-0.3, -0.25) is 14.7 Å². The Labute approximate surface area is 196 Å². The molecule has 2 aliphatic heterocycles. The lowest BCUT2D eigenvalue weighted by Gasteiger charge is -2.28. The molecule has 2 aromatic carbocycles. The molecule has 2 saturated heterocycles. The van der Waals surface area contributed by atoms with Crippen molar-refractivity contribution in [1.82, 2.24) is 14.8 Å². The van der Waals surface area contributed by atoms with Crippen LogP contribution >= 0.6 is 0 Å². The summed E-state index contributed by atoms with van der Waals surface area (Å²) in [5.74, 6) is 0.417. The Morgan fingerprint density at radius 1 is 1.00 bits per heavy atom. The summed E-state index contributed by atoms with van der Waals surface area (Å²) in [6, 6.07) is 16.8. The van der Waals surface area contributed by atoms with Gasteiger partial charge in [-0.2, -0.15) is 0 Å². The highest BCUT2D eigenvalue weighted by Gasteiger charge is 2.25. The highest BCUT2D eigenvalue weighted by molar-refractivity contribution is 5.95. The Bertz CT molecular complexity index is 1090. The SMILES string of the molecule is O=C(c1ccccc1CN1CCCCC1)N1CCOC[C@H](Cc2ccc3ccncc3c2)C1. The summed E-state index contributed by atoms with van der Waals surface area (Å²) in [7, 11) is 0. The number of piperidine rings is 1. The van der Waals surface area contributed by atoms with Crippen LogP contribution in [0.5, 0.6) is 0 Å². The summed E-state index contributed by atoms with van der Waals surface area (Å²) in [4.78, 5) is 22.4. The summed E-state index contributed by atoms with van der Waals surface area (Å²) in [5.41, 5.74) is 3.26. The van der Waals surface area contributed by atoms with Crippen molar-refractivity contribution in [3.05, 3.63) is 77.6 Å². The number of fused-ring (bicyclic) bond motifs is 1. The number of carbonyl (C=O) groups is 1. The van der Waals surface area contributed by atoms with Crippen molar-refractivity contribution < 1.29 is 9.53 Å². The molecule has 33 heavy (non-hydrogen) atoms. The van der Waals surface area contributed by atoms with Gasteiger partial charge in [-0.1, -0.05) is 36.8 Å². The first-order valence-corrected chi connectivity index (χ1v) is 12.3. The maximum Gasteiger partial charge on any atom is 0.254 e. The molecule has 5 nitrogen and oxygen atoms in total. The van der Waals surface area contributed by atoms with Crippen molar-refractivity contribution >= 4 is 16.7 Å². The highest BCUT2D eigenvalue weighted by atomic mass is 16.5. The Kier molecular flexibility index (Phi) is 6.98. The molecule has 1 atom stereocenters. The molecule has 3 aromatic rings. The summed E-state index contributed by atoms with van der Waals surface area (Å²) in [6.45, 7) is 5.77. The molecule has 0 N–H and O–H groups in total. The van der Waals surface area contributed by atoms with E-state index in [0.717, 1.165) is 49.1 Å². The normalized spacial score (nSPS) is 20.0. The first kappa shape index (κ1) is 22.1. The van der Waals surface area contributed by atoms with Crippen LogP contribution in [-0.4, -0.2) is 60.1 Å². The van der Waals surface area contributed by atoms with Gasteiger partial charge in [0.2, 0.25) is 0 Å². The van der Waals surface area contributed by atoms with E-state index in [-0.39, 0.29) is 11.8 Å². The van der Waals surface area contributed by atoms with Gasteiger partial charge >= 0.3 is 0 Å². The summed E-state index contributed by atoms with van der Waals surface area (Å²) >= 11 is 0. The standard InChI is InChI=1S/C28H33N3O2/c32-28(27-7-3-2-6-25(27)20-30-12-4-1-5-13-30)31-14-15-33-21-23(19-31)16-22-8-9-24-10-11-29-18-26(24)17-22/h2-3,6-11,17-18,23H,1,4-5,12-16,19-21H2/t23-/m1/s1. The van der Waals surface area contributed by atoms with Crippen molar-refractivity contribution in [3.8, 4) is 0 Å². The molecular formula is C28H33N3O2. The van der Waals surface area contributed by atoms with Crippen molar-refractivity contribution in [1.29, 1.82) is 0 Å². The van der Waals surface area contributed by atoms with Crippen LogP contribution < -0.4 is 0 Å². The minimum Gasteiger partial charge on any atom is -0.379 e. The van der Waals surface area contributed by atoms with Crippen LogP contribution in [0.15, 0.2) is 60.9 Å². The van der Waals surface area contributed by atoms with Crippen molar-refractivity contribution in [3.63, 3.8) is 0 Å². The fraction of sp³-hybridized carbons (Fsp3) is 0.429. The number of ether oxygens (including phenoxy) is 1. The van der Waals surface area contributed by atoms with Gasteiger partial charge in [0.25, 0.3) is 5.91 Å². The van der Waals surface area contributed by atoms with E-state index in [1.807, 2.05) is 35.5 Å². The van der Waals surface area contributed by atoms with E-state index in [9.17, 15) is 4.79 Å². The number of nitrogens with zero attached hydrogens (tertiary/aromatic N) is 3. The number of hydrogen-bond donors (Lipinski definition) is 0. The molecule has 5 rings (SSSR count). The van der Waals surface area contributed by atoms with E-state index in [2.05, 4.69) is 40.2 Å². The third kappa shape index (κ3) is 5.43. The Morgan fingerprint density at radius 2 is 1.88 bits per heavy atom. The lowest BCUT2D eigenvalue weighted by Crippen LogP contribution is -2.37. The van der Waals surface area contributed by atoms with Crippen LogP contribution in [0.3, 0.4) is 0 Å². The fourth-order valence-electron chi connectivity index (χ4n) is 5.18. The van der Waals surface area contributed by atoms with Gasteiger partial charge < -0.3 is 9.64 Å². The zero-order valence-corrected chi connectivity index (χ0v) is 19.3. The molecule has 1 aromatic heterocycles. The van der Waals surface area contributed by atoms with Crippen molar-refractivity contribution in [2.45, 2.75) is 32.2 Å². The molecule has 5 heteroatoms. The zero-order chi connectivity index (χ0) is 22.5. The molecule has 2 fully saturated rings. The van der Waals surface area contributed by atoms with Crippen LogP contribution in [0.4, 0.5) is 0 Å². The minimum atomic E-state index is 0.140. The van der Waals surface area contributed by atoms with E-state index in [1.54, 1.807) is 0 Å². The lowest BCUT2D eigenvalue weighted by atomic mass is 9.97. The lowest BCUT2D eigenvalue weighted by molar-refractivity contribution is 0.0734. The van der Waals surface area contributed by atoms with Gasteiger partial charge in [-0.25, -0.2) is 0 Å². The number of pyridine rings is 1. The number of rotatable bonds is 5. The van der Waals surface area contributed by atoms with E-state index in [0.29, 0.717) is 19.8 Å². The van der Waals surface area contributed by atoms with Gasteiger partial charge in [0, 0.05) is 48.9 Å². The molecule has 0 spiro atoms. The molecule has 0 unspecified atom stereocenters. The molecule has 0 bridgehead atoms. The van der Waals surface area contributed by atoms with Gasteiger partial charge in [-0.15, -0.1) is 0 Å². The van der Waals surface area contributed by atoms with Crippen LogP contribution in [0.2, 0.25) is 0 Å². The quantitative estimate of drug-likeness (QED) is 0.580. The fourth-order valence-corrected chi connectivity index (χ4v) is 5.18. The molecule has 172 valence electrons. The molecule has 3 heterocycles. The number of hydrogen-bond acceptors (Lipinski definition) is 4. The first-order chi connectivity index (χ1) is 16.3. The van der Waals surface area contributed by atoms with E-state index >= 15 is 0 Å². The third-order valence-corrected chi connectivity index (χ3v) is 6.94. The van der Waals surface area contributed by atoms with Crippen LogP contribution in [0.1, 0.15) is 40.7 Å². The Hall–Kier alpha value is -2.76. The van der Waals surface area contributed by atoms with Crippen LogP contribution in [0.25, 0.3) is 10.8 Å². The second-order valence-corrected chi connectivity index (χ2v) is 9.45. The molecule has 1 amide bonds.